The van der Waals surface area contributed by atoms with Crippen LogP contribution in [0.3, 0.4) is 0 Å². The van der Waals surface area contributed by atoms with Crippen molar-refractivity contribution in [2.24, 2.45) is 0 Å². The molecule has 20 heavy (non-hydrogen) atoms. The zero-order valence-electron chi connectivity index (χ0n) is 13.4. The first-order valence-electron chi connectivity index (χ1n) is 6.73. The molecule has 0 spiro atoms. The first kappa shape index (κ1) is 17.3. The summed E-state index contributed by atoms with van der Waals surface area (Å²) >= 11 is 9.20. The van der Waals surface area contributed by atoms with Crippen LogP contribution in [0.1, 0.15) is 58.2 Å². The number of benzene rings is 1. The fourth-order valence-corrected chi connectivity index (χ4v) is 2.59. The molecule has 0 saturated heterocycles. The summed E-state index contributed by atoms with van der Waals surface area (Å²) in [5.41, 5.74) is 3.46. The van der Waals surface area contributed by atoms with E-state index in [2.05, 4.69) is 59.5 Å². The number of hydrogen-bond acceptors (Lipinski definition) is 2. The number of phenols is 1. The van der Waals surface area contributed by atoms with Crippen LogP contribution in [0, 0.1) is 6.92 Å². The fraction of sp³-hybridized carbons (Fsp3) is 0.562. The molecule has 0 heterocycles. The van der Waals surface area contributed by atoms with Crippen LogP contribution in [0.25, 0.3) is 0 Å². The lowest BCUT2D eigenvalue weighted by Crippen LogP contribution is -2.21. The van der Waals surface area contributed by atoms with Crippen molar-refractivity contribution in [1.29, 1.82) is 0 Å². The Balaban J connectivity index is 3.72. The van der Waals surface area contributed by atoms with Gasteiger partial charge in [0.25, 0.3) is 0 Å². The molecule has 0 amide bonds. The van der Waals surface area contributed by atoms with Gasteiger partial charge < -0.3 is 10.4 Å². The van der Waals surface area contributed by atoms with Gasteiger partial charge in [-0.3, -0.25) is 0 Å². The van der Waals surface area contributed by atoms with Crippen molar-refractivity contribution >= 4 is 34.9 Å². The minimum Gasteiger partial charge on any atom is -0.507 e. The Bertz CT molecular complexity index is 537. The molecular formula is C16H25NOS2. The van der Waals surface area contributed by atoms with Crippen LogP contribution in [-0.2, 0) is 10.8 Å². The van der Waals surface area contributed by atoms with Crippen molar-refractivity contribution in [3.05, 3.63) is 22.8 Å². The van der Waals surface area contributed by atoms with Crippen LogP contribution in [0.2, 0.25) is 0 Å². The molecule has 2 nitrogen and oxygen atoms in total. The number of aryl methyl sites for hydroxylation is 1. The predicted molar refractivity (Wildman–Crippen MR) is 95.5 cm³/mol. The van der Waals surface area contributed by atoms with Crippen molar-refractivity contribution < 1.29 is 5.11 Å². The predicted octanol–water partition coefficient (Wildman–Crippen LogP) is 4.92. The highest BCUT2D eigenvalue weighted by molar-refractivity contribution is 8.11. The third kappa shape index (κ3) is 3.67. The third-order valence-corrected chi connectivity index (χ3v) is 3.50. The van der Waals surface area contributed by atoms with Crippen molar-refractivity contribution in [2.45, 2.75) is 59.3 Å². The zero-order valence-corrected chi connectivity index (χ0v) is 15.1. The van der Waals surface area contributed by atoms with Gasteiger partial charge in [-0.2, -0.15) is 0 Å². The number of nitrogens with one attached hydrogen (secondary N) is 1. The van der Waals surface area contributed by atoms with Crippen LogP contribution in [0.4, 0.5) is 5.69 Å². The minimum absolute atomic E-state index is 0.116. The number of anilines is 1. The smallest absolute Gasteiger partial charge is 0.135 e. The molecule has 4 heteroatoms. The maximum atomic E-state index is 10.8. The second kappa shape index (κ2) is 5.57. The summed E-state index contributed by atoms with van der Waals surface area (Å²) in [4.78, 5) is 0. The topological polar surface area (TPSA) is 32.3 Å². The maximum Gasteiger partial charge on any atom is 0.135 e. The van der Waals surface area contributed by atoms with E-state index in [1.54, 1.807) is 0 Å². The van der Waals surface area contributed by atoms with E-state index in [1.165, 1.54) is 0 Å². The number of aromatic hydroxyl groups is 1. The normalized spacial score (nSPS) is 12.4. The number of hydrogen-bond donors (Lipinski definition) is 3. The van der Waals surface area contributed by atoms with E-state index in [0.717, 1.165) is 22.4 Å². The summed E-state index contributed by atoms with van der Waals surface area (Å²) in [6, 6.07) is 2.03. The van der Waals surface area contributed by atoms with Gasteiger partial charge in [-0.15, -0.1) is 12.6 Å². The van der Waals surface area contributed by atoms with E-state index in [0.29, 0.717) is 10.1 Å². The summed E-state index contributed by atoms with van der Waals surface area (Å²) in [5, 5.41) is 13.9. The molecule has 0 unspecified atom stereocenters. The summed E-state index contributed by atoms with van der Waals surface area (Å²) in [6.45, 7) is 14.6. The van der Waals surface area contributed by atoms with E-state index in [1.807, 2.05) is 13.0 Å². The Morgan fingerprint density at radius 2 is 1.65 bits per heavy atom. The molecule has 1 aromatic carbocycles. The Labute approximate surface area is 133 Å². The van der Waals surface area contributed by atoms with Gasteiger partial charge in [-0.1, -0.05) is 53.8 Å². The van der Waals surface area contributed by atoms with Crippen molar-refractivity contribution in [3.63, 3.8) is 0 Å². The lowest BCUT2D eigenvalue weighted by molar-refractivity contribution is 0.424. The van der Waals surface area contributed by atoms with E-state index in [-0.39, 0.29) is 10.8 Å². The van der Waals surface area contributed by atoms with E-state index in [9.17, 15) is 5.11 Å². The van der Waals surface area contributed by atoms with Crippen LogP contribution in [0.15, 0.2) is 6.07 Å². The number of thiol groups is 1. The van der Waals surface area contributed by atoms with Crippen LogP contribution in [0.5, 0.6) is 5.75 Å². The van der Waals surface area contributed by atoms with Gasteiger partial charge in [-0.25, -0.2) is 0 Å². The van der Waals surface area contributed by atoms with Crippen molar-refractivity contribution in [2.75, 3.05) is 5.32 Å². The largest absolute Gasteiger partial charge is 0.507 e. The fourth-order valence-electron chi connectivity index (χ4n) is 2.38. The quantitative estimate of drug-likeness (QED) is 0.508. The van der Waals surface area contributed by atoms with Crippen molar-refractivity contribution in [3.8, 4) is 5.75 Å². The Hall–Kier alpha value is -0.740. The van der Waals surface area contributed by atoms with Gasteiger partial charge >= 0.3 is 0 Å². The molecular weight excluding hydrogens is 286 g/mol. The van der Waals surface area contributed by atoms with Crippen LogP contribution < -0.4 is 5.32 Å². The second-order valence-corrected chi connectivity index (χ2v) is 8.43. The van der Waals surface area contributed by atoms with Gasteiger partial charge in [0.1, 0.15) is 10.1 Å². The molecule has 0 aromatic heterocycles. The van der Waals surface area contributed by atoms with Gasteiger partial charge in [0.15, 0.2) is 0 Å². The Morgan fingerprint density at radius 3 is 2.00 bits per heavy atom. The lowest BCUT2D eigenvalue weighted by Gasteiger charge is -2.31. The molecule has 0 aliphatic heterocycles. The zero-order chi connectivity index (χ0) is 15.9. The summed E-state index contributed by atoms with van der Waals surface area (Å²) in [5.74, 6) is 0.350. The monoisotopic (exact) mass is 311 g/mol. The molecule has 1 rings (SSSR count). The molecule has 0 fully saturated rings. The average molecular weight is 312 g/mol. The first-order chi connectivity index (χ1) is 8.85. The number of rotatable bonds is 1. The van der Waals surface area contributed by atoms with E-state index >= 15 is 0 Å². The van der Waals surface area contributed by atoms with Gasteiger partial charge in [0, 0.05) is 11.3 Å². The van der Waals surface area contributed by atoms with Crippen LogP contribution >= 0.6 is 24.8 Å². The minimum atomic E-state index is -0.197. The lowest BCUT2D eigenvalue weighted by atomic mass is 9.77. The molecule has 2 N–H and O–H groups in total. The molecule has 1 aromatic rings. The highest BCUT2D eigenvalue weighted by Gasteiger charge is 2.29. The summed E-state index contributed by atoms with van der Waals surface area (Å²) < 4.78 is 0.404. The van der Waals surface area contributed by atoms with Gasteiger partial charge in [-0.05, 0) is 34.9 Å². The highest BCUT2D eigenvalue weighted by Crippen LogP contribution is 2.44. The SMILES string of the molecule is Cc1cc(C(C)(C)C)c(O)c(C(C)(C)C)c1NC(=S)S. The number of phenolic OH excluding ortho intramolecular Hbond substituents is 1. The van der Waals surface area contributed by atoms with Gasteiger partial charge in [0.05, 0.1) is 0 Å². The standard InChI is InChI=1S/C16H25NOS2/c1-9-8-10(15(2,3)4)13(18)11(16(5,6)7)12(9)17-14(19)20/h8,18H,1-7H3,(H2,17,19,20). The number of thiocarbonyl (C=S) groups is 1. The molecule has 0 aliphatic rings. The molecule has 0 bridgehead atoms. The first-order valence-corrected chi connectivity index (χ1v) is 7.58. The average Bonchev–Trinajstić information content (AvgIpc) is 2.18. The molecule has 0 radical (unpaired) electrons. The molecule has 0 atom stereocenters. The van der Waals surface area contributed by atoms with Gasteiger partial charge in [0.2, 0.25) is 0 Å². The highest BCUT2D eigenvalue weighted by atomic mass is 32.1. The molecule has 0 aliphatic carbocycles. The maximum absolute atomic E-state index is 10.8. The summed E-state index contributed by atoms with van der Waals surface area (Å²) in [7, 11) is 0. The van der Waals surface area contributed by atoms with E-state index < -0.39 is 0 Å². The van der Waals surface area contributed by atoms with Crippen LogP contribution in [-0.4, -0.2) is 9.43 Å². The van der Waals surface area contributed by atoms with Crippen molar-refractivity contribution in [1.82, 2.24) is 0 Å². The molecule has 0 saturated carbocycles. The Morgan fingerprint density at radius 1 is 1.15 bits per heavy atom. The van der Waals surface area contributed by atoms with E-state index in [4.69, 9.17) is 12.2 Å². The summed E-state index contributed by atoms with van der Waals surface area (Å²) in [6.07, 6.45) is 0. The third-order valence-electron chi connectivity index (χ3n) is 3.29. The second-order valence-electron chi connectivity index (χ2n) is 7.27. The Kier molecular flexibility index (Phi) is 4.82. The molecule has 112 valence electrons.